The average molecular weight is 371 g/mol. The molecule has 27 heavy (non-hydrogen) atoms. The Bertz CT molecular complexity index is 695. The van der Waals surface area contributed by atoms with Gasteiger partial charge in [-0.1, -0.05) is 20.3 Å². The SMILES string of the molecule is CC(C)CC(=O)Nc1ccc(C(=O)COC(=O)C[C@@H]2C[C@H]3CC[C@@H]2C3)cc1. The van der Waals surface area contributed by atoms with Crippen molar-refractivity contribution in [3.8, 4) is 0 Å². The van der Waals surface area contributed by atoms with Crippen molar-refractivity contribution in [2.24, 2.45) is 23.7 Å². The first-order valence-electron chi connectivity index (χ1n) is 9.99. The third-order valence-electron chi connectivity index (χ3n) is 5.76. The summed E-state index contributed by atoms with van der Waals surface area (Å²) in [5.74, 6) is 1.68. The standard InChI is InChI=1S/C22H29NO4/c1-14(2)9-21(25)23-19-7-5-16(6-8-19)20(24)13-27-22(26)12-18-11-15-3-4-17(18)10-15/h5-8,14-15,17-18H,3-4,9-13H2,1-2H3,(H,23,25)/t15-,17+,18-/m0/s1. The molecule has 2 saturated carbocycles. The molecule has 2 aliphatic carbocycles. The minimum Gasteiger partial charge on any atom is -0.457 e. The molecule has 3 rings (SSSR count). The minimum atomic E-state index is -0.265. The summed E-state index contributed by atoms with van der Waals surface area (Å²) >= 11 is 0. The number of ether oxygens (including phenoxy) is 1. The zero-order valence-corrected chi connectivity index (χ0v) is 16.2. The van der Waals surface area contributed by atoms with Gasteiger partial charge in [0, 0.05) is 24.1 Å². The Balaban J connectivity index is 1.42. The molecule has 1 N–H and O–H groups in total. The number of anilines is 1. The lowest BCUT2D eigenvalue weighted by atomic mass is 9.86. The maximum Gasteiger partial charge on any atom is 0.306 e. The van der Waals surface area contributed by atoms with E-state index in [1.165, 1.54) is 19.3 Å². The second-order valence-electron chi connectivity index (χ2n) is 8.45. The van der Waals surface area contributed by atoms with Crippen molar-refractivity contribution in [2.45, 2.75) is 52.4 Å². The van der Waals surface area contributed by atoms with Crippen LogP contribution in [0.15, 0.2) is 24.3 Å². The summed E-state index contributed by atoms with van der Waals surface area (Å²) in [4.78, 5) is 36.1. The van der Waals surface area contributed by atoms with Crippen LogP contribution in [0.4, 0.5) is 5.69 Å². The van der Waals surface area contributed by atoms with Gasteiger partial charge in [-0.25, -0.2) is 0 Å². The van der Waals surface area contributed by atoms with Crippen LogP contribution in [0.2, 0.25) is 0 Å². The topological polar surface area (TPSA) is 72.5 Å². The number of hydrogen-bond donors (Lipinski definition) is 1. The van der Waals surface area contributed by atoms with Gasteiger partial charge in [0.2, 0.25) is 5.91 Å². The number of rotatable bonds is 8. The number of esters is 1. The molecule has 0 aromatic heterocycles. The fourth-order valence-corrected chi connectivity index (χ4v) is 4.45. The molecule has 5 nitrogen and oxygen atoms in total. The maximum atomic E-state index is 12.2. The molecule has 1 amide bonds. The lowest BCUT2D eigenvalue weighted by Crippen LogP contribution is -2.19. The minimum absolute atomic E-state index is 0.0429. The molecule has 0 radical (unpaired) electrons. The third-order valence-corrected chi connectivity index (χ3v) is 5.76. The third kappa shape index (κ3) is 5.41. The zero-order chi connectivity index (χ0) is 19.4. The number of ketones is 1. The largest absolute Gasteiger partial charge is 0.457 e. The molecule has 0 unspecified atom stereocenters. The van der Waals surface area contributed by atoms with Crippen LogP contribution in [-0.2, 0) is 14.3 Å². The summed E-state index contributed by atoms with van der Waals surface area (Å²) in [5, 5.41) is 2.81. The van der Waals surface area contributed by atoms with Crippen LogP contribution in [0.1, 0.15) is 62.7 Å². The van der Waals surface area contributed by atoms with Crippen LogP contribution in [-0.4, -0.2) is 24.3 Å². The fraction of sp³-hybridized carbons (Fsp3) is 0.591. The van der Waals surface area contributed by atoms with E-state index in [1.807, 2.05) is 13.8 Å². The van der Waals surface area contributed by atoms with Gasteiger partial charge in [-0.3, -0.25) is 14.4 Å². The Hall–Kier alpha value is -2.17. The number of benzene rings is 1. The van der Waals surface area contributed by atoms with Gasteiger partial charge in [0.1, 0.15) is 0 Å². The molecule has 3 atom stereocenters. The van der Waals surface area contributed by atoms with E-state index in [0.29, 0.717) is 41.8 Å². The predicted molar refractivity (Wildman–Crippen MR) is 103 cm³/mol. The summed E-state index contributed by atoms with van der Waals surface area (Å²) in [5.41, 5.74) is 1.13. The van der Waals surface area contributed by atoms with Crippen molar-refractivity contribution >= 4 is 23.3 Å². The van der Waals surface area contributed by atoms with Crippen LogP contribution in [0.3, 0.4) is 0 Å². The van der Waals surface area contributed by atoms with E-state index < -0.39 is 0 Å². The molecule has 0 heterocycles. The summed E-state index contributed by atoms with van der Waals surface area (Å²) in [6, 6.07) is 6.69. The molecular weight excluding hydrogens is 342 g/mol. The number of amides is 1. The van der Waals surface area contributed by atoms with Crippen molar-refractivity contribution in [1.82, 2.24) is 0 Å². The van der Waals surface area contributed by atoms with Gasteiger partial charge in [-0.15, -0.1) is 0 Å². The Labute approximate surface area is 160 Å². The highest BCUT2D eigenvalue weighted by Crippen LogP contribution is 2.49. The first-order valence-corrected chi connectivity index (χ1v) is 9.99. The number of carbonyl (C=O) groups is 3. The number of fused-ring (bicyclic) bond motifs is 2. The summed E-state index contributed by atoms with van der Waals surface area (Å²) in [7, 11) is 0. The smallest absolute Gasteiger partial charge is 0.306 e. The van der Waals surface area contributed by atoms with Crippen molar-refractivity contribution in [1.29, 1.82) is 0 Å². The van der Waals surface area contributed by atoms with Crippen molar-refractivity contribution in [3.05, 3.63) is 29.8 Å². The van der Waals surface area contributed by atoms with E-state index in [9.17, 15) is 14.4 Å². The maximum absolute atomic E-state index is 12.2. The Morgan fingerprint density at radius 2 is 1.85 bits per heavy atom. The Kier molecular flexibility index (Phi) is 6.30. The molecule has 2 bridgehead atoms. The van der Waals surface area contributed by atoms with Gasteiger partial charge in [-0.2, -0.15) is 0 Å². The highest BCUT2D eigenvalue weighted by atomic mass is 16.5. The quantitative estimate of drug-likeness (QED) is 0.548. The highest BCUT2D eigenvalue weighted by molar-refractivity contribution is 5.98. The molecule has 1 aromatic carbocycles. The van der Waals surface area contributed by atoms with Crippen molar-refractivity contribution < 1.29 is 19.1 Å². The van der Waals surface area contributed by atoms with E-state index >= 15 is 0 Å². The van der Waals surface area contributed by atoms with E-state index in [0.717, 1.165) is 12.3 Å². The van der Waals surface area contributed by atoms with Gasteiger partial charge in [0.25, 0.3) is 0 Å². The second kappa shape index (κ2) is 8.68. The van der Waals surface area contributed by atoms with E-state index in [2.05, 4.69) is 5.32 Å². The summed E-state index contributed by atoms with van der Waals surface area (Å²) in [6.07, 6.45) is 5.84. The van der Waals surface area contributed by atoms with Crippen LogP contribution in [0.25, 0.3) is 0 Å². The summed E-state index contributed by atoms with van der Waals surface area (Å²) in [6.45, 7) is 3.75. The zero-order valence-electron chi connectivity index (χ0n) is 16.2. The number of carbonyl (C=O) groups excluding carboxylic acids is 3. The van der Waals surface area contributed by atoms with Gasteiger partial charge in [0.05, 0.1) is 0 Å². The van der Waals surface area contributed by atoms with Crippen LogP contribution in [0.5, 0.6) is 0 Å². The number of nitrogens with one attached hydrogen (secondary N) is 1. The van der Waals surface area contributed by atoms with Crippen molar-refractivity contribution in [2.75, 3.05) is 11.9 Å². The molecular formula is C22H29NO4. The predicted octanol–water partition coefficient (Wildman–Crippen LogP) is 4.22. The van der Waals surface area contributed by atoms with Crippen LogP contribution < -0.4 is 5.32 Å². The Morgan fingerprint density at radius 1 is 1.11 bits per heavy atom. The van der Waals surface area contributed by atoms with E-state index in [-0.39, 0.29) is 24.3 Å². The fourth-order valence-electron chi connectivity index (χ4n) is 4.45. The highest BCUT2D eigenvalue weighted by Gasteiger charge is 2.40. The average Bonchev–Trinajstić information content (AvgIpc) is 3.22. The molecule has 0 aliphatic heterocycles. The Morgan fingerprint density at radius 3 is 2.44 bits per heavy atom. The molecule has 5 heteroatoms. The lowest BCUT2D eigenvalue weighted by molar-refractivity contribution is -0.144. The molecule has 1 aromatic rings. The molecule has 2 fully saturated rings. The van der Waals surface area contributed by atoms with Crippen molar-refractivity contribution in [3.63, 3.8) is 0 Å². The normalized spacial score (nSPS) is 23.4. The van der Waals surface area contributed by atoms with Gasteiger partial charge in [0.15, 0.2) is 12.4 Å². The second-order valence-corrected chi connectivity index (χ2v) is 8.45. The van der Waals surface area contributed by atoms with Crippen LogP contribution >= 0.6 is 0 Å². The van der Waals surface area contributed by atoms with Gasteiger partial charge >= 0.3 is 5.97 Å². The first kappa shape index (κ1) is 19.6. The van der Waals surface area contributed by atoms with E-state index in [1.54, 1.807) is 24.3 Å². The number of Topliss-reactive ketones (excluding diaryl/α,β-unsaturated/α-hetero) is 1. The monoisotopic (exact) mass is 371 g/mol. The lowest BCUT2D eigenvalue weighted by Gasteiger charge is -2.20. The first-order chi connectivity index (χ1) is 12.9. The molecule has 2 aliphatic rings. The van der Waals surface area contributed by atoms with E-state index in [4.69, 9.17) is 4.74 Å². The molecule has 0 saturated heterocycles. The summed E-state index contributed by atoms with van der Waals surface area (Å²) < 4.78 is 5.21. The number of hydrogen-bond acceptors (Lipinski definition) is 4. The van der Waals surface area contributed by atoms with Crippen LogP contribution in [0, 0.1) is 23.7 Å². The van der Waals surface area contributed by atoms with Gasteiger partial charge in [-0.05, 0) is 67.2 Å². The van der Waals surface area contributed by atoms with Gasteiger partial charge < -0.3 is 10.1 Å². The molecule has 146 valence electrons. The molecule has 0 spiro atoms.